The number of rotatable bonds is 3. The highest BCUT2D eigenvalue weighted by molar-refractivity contribution is 6.40. The molecule has 0 aliphatic rings. The van der Waals surface area contributed by atoms with Crippen LogP contribution in [0.1, 0.15) is 13.3 Å². The fourth-order valence-electron chi connectivity index (χ4n) is 1.11. The van der Waals surface area contributed by atoms with E-state index in [2.05, 4.69) is 10.6 Å². The summed E-state index contributed by atoms with van der Waals surface area (Å²) in [5.74, 6) is -1.73. The second-order valence-electron chi connectivity index (χ2n) is 3.37. The molecule has 17 heavy (non-hydrogen) atoms. The summed E-state index contributed by atoms with van der Waals surface area (Å²) in [6.45, 7) is 2.30. The van der Waals surface area contributed by atoms with Crippen LogP contribution in [-0.2, 0) is 9.59 Å². The van der Waals surface area contributed by atoms with Crippen molar-refractivity contribution in [3.05, 3.63) is 23.2 Å². The molecule has 0 radical (unpaired) electrons. The Hall–Kier alpha value is -1.75. The van der Waals surface area contributed by atoms with Gasteiger partial charge in [-0.3, -0.25) is 9.59 Å². The molecule has 0 saturated carbocycles. The normalized spacial score (nSPS) is 9.76. The number of hydrogen-bond donors (Lipinski definition) is 3. The van der Waals surface area contributed by atoms with Crippen LogP contribution in [0.5, 0.6) is 5.75 Å². The number of benzene rings is 1. The second kappa shape index (κ2) is 6.10. The first-order valence-electron chi connectivity index (χ1n) is 5.12. The number of aromatic hydroxyl groups is 1. The first-order chi connectivity index (χ1) is 8.04. The fourth-order valence-corrected chi connectivity index (χ4v) is 1.28. The van der Waals surface area contributed by atoms with Gasteiger partial charge >= 0.3 is 11.8 Å². The zero-order chi connectivity index (χ0) is 12.8. The number of anilines is 1. The van der Waals surface area contributed by atoms with Crippen molar-refractivity contribution >= 4 is 29.1 Å². The lowest BCUT2D eigenvalue weighted by atomic mass is 10.3. The number of phenolic OH excluding ortho intramolecular Hbond substituents is 1. The third-order valence-electron chi connectivity index (χ3n) is 1.95. The van der Waals surface area contributed by atoms with Crippen LogP contribution in [0.15, 0.2) is 18.2 Å². The van der Waals surface area contributed by atoms with Crippen molar-refractivity contribution in [2.75, 3.05) is 11.9 Å². The molecular weight excluding hydrogens is 244 g/mol. The minimum absolute atomic E-state index is 0.106. The van der Waals surface area contributed by atoms with Crippen molar-refractivity contribution in [2.45, 2.75) is 13.3 Å². The van der Waals surface area contributed by atoms with Crippen LogP contribution < -0.4 is 10.6 Å². The average Bonchev–Trinajstić information content (AvgIpc) is 2.30. The van der Waals surface area contributed by atoms with Crippen LogP contribution in [0.25, 0.3) is 0 Å². The van der Waals surface area contributed by atoms with Crippen molar-refractivity contribution in [2.24, 2.45) is 0 Å². The van der Waals surface area contributed by atoms with Crippen LogP contribution in [0.2, 0.25) is 5.02 Å². The van der Waals surface area contributed by atoms with Crippen LogP contribution in [0, 0.1) is 0 Å². The quantitative estimate of drug-likeness (QED) is 0.567. The summed E-state index contributed by atoms with van der Waals surface area (Å²) in [7, 11) is 0. The molecule has 0 atom stereocenters. The van der Waals surface area contributed by atoms with Gasteiger partial charge in [0.1, 0.15) is 5.75 Å². The van der Waals surface area contributed by atoms with Gasteiger partial charge in [0.2, 0.25) is 0 Å². The Bertz CT molecular complexity index is 435. The molecular formula is C11H13ClN2O3. The summed E-state index contributed by atoms with van der Waals surface area (Å²) in [5.41, 5.74) is 0.106. The number of halogens is 1. The van der Waals surface area contributed by atoms with E-state index >= 15 is 0 Å². The van der Waals surface area contributed by atoms with E-state index in [4.69, 9.17) is 11.6 Å². The zero-order valence-corrected chi connectivity index (χ0v) is 10.0. The Balaban J connectivity index is 2.67. The Morgan fingerprint density at radius 2 is 2.06 bits per heavy atom. The topological polar surface area (TPSA) is 78.4 Å². The third kappa shape index (κ3) is 3.96. The third-order valence-corrected chi connectivity index (χ3v) is 2.18. The van der Waals surface area contributed by atoms with Gasteiger partial charge in [-0.2, -0.15) is 0 Å². The van der Waals surface area contributed by atoms with Gasteiger partial charge in [0.15, 0.2) is 0 Å². The average molecular weight is 257 g/mol. The SMILES string of the molecule is CCCNC(=O)C(=O)Nc1cc(Cl)ccc1O. The summed E-state index contributed by atoms with van der Waals surface area (Å²) >= 11 is 5.70. The number of carbonyl (C=O) groups is 2. The monoisotopic (exact) mass is 256 g/mol. The number of amides is 2. The molecule has 0 heterocycles. The van der Waals surface area contributed by atoms with Crippen LogP contribution in [0.4, 0.5) is 5.69 Å². The molecule has 0 aliphatic heterocycles. The van der Waals surface area contributed by atoms with E-state index in [-0.39, 0.29) is 11.4 Å². The van der Waals surface area contributed by atoms with Crippen LogP contribution in [0.3, 0.4) is 0 Å². The van der Waals surface area contributed by atoms with Crippen LogP contribution in [-0.4, -0.2) is 23.5 Å². The minimum atomic E-state index is -0.837. The molecule has 2 amide bonds. The predicted octanol–water partition coefficient (Wildman–Crippen LogP) is 1.51. The number of nitrogens with one attached hydrogen (secondary N) is 2. The number of carbonyl (C=O) groups excluding carboxylic acids is 2. The predicted molar refractivity (Wildman–Crippen MR) is 65.0 cm³/mol. The maximum absolute atomic E-state index is 11.4. The van der Waals surface area contributed by atoms with Gasteiger partial charge in [-0.15, -0.1) is 0 Å². The molecule has 0 fully saturated rings. The summed E-state index contributed by atoms with van der Waals surface area (Å²) in [5, 5.41) is 14.5. The number of hydrogen-bond acceptors (Lipinski definition) is 3. The largest absolute Gasteiger partial charge is 0.506 e. The molecule has 1 aromatic carbocycles. The highest BCUT2D eigenvalue weighted by atomic mass is 35.5. The van der Waals surface area contributed by atoms with Crippen molar-refractivity contribution in [3.63, 3.8) is 0 Å². The fraction of sp³-hybridized carbons (Fsp3) is 0.273. The van der Waals surface area contributed by atoms with Crippen molar-refractivity contribution in [3.8, 4) is 5.75 Å². The molecule has 0 bridgehead atoms. The zero-order valence-electron chi connectivity index (χ0n) is 9.29. The van der Waals surface area contributed by atoms with Crippen molar-refractivity contribution < 1.29 is 14.7 Å². The van der Waals surface area contributed by atoms with E-state index in [1.807, 2.05) is 6.92 Å². The van der Waals surface area contributed by atoms with Crippen molar-refractivity contribution in [1.29, 1.82) is 0 Å². The Labute approximate surface area is 104 Å². The summed E-state index contributed by atoms with van der Waals surface area (Å²) in [6.07, 6.45) is 0.738. The number of phenols is 1. The Morgan fingerprint density at radius 3 is 2.71 bits per heavy atom. The molecule has 92 valence electrons. The molecule has 1 rings (SSSR count). The first kappa shape index (κ1) is 13.3. The molecule has 0 spiro atoms. The minimum Gasteiger partial charge on any atom is -0.506 e. The van der Waals surface area contributed by atoms with E-state index in [0.717, 1.165) is 6.42 Å². The molecule has 0 saturated heterocycles. The van der Waals surface area contributed by atoms with E-state index < -0.39 is 11.8 Å². The standard InChI is InChI=1S/C11H13ClN2O3/c1-2-5-13-10(16)11(17)14-8-6-7(12)3-4-9(8)15/h3-4,6,15H,2,5H2,1H3,(H,13,16)(H,14,17). The Morgan fingerprint density at radius 1 is 1.35 bits per heavy atom. The molecule has 3 N–H and O–H groups in total. The van der Waals surface area contributed by atoms with E-state index in [9.17, 15) is 14.7 Å². The lowest BCUT2D eigenvalue weighted by molar-refractivity contribution is -0.136. The van der Waals surface area contributed by atoms with Gasteiger partial charge in [0, 0.05) is 11.6 Å². The van der Waals surface area contributed by atoms with E-state index in [1.165, 1.54) is 18.2 Å². The first-order valence-corrected chi connectivity index (χ1v) is 5.50. The summed E-state index contributed by atoms with van der Waals surface area (Å²) in [6, 6.07) is 4.17. The molecule has 6 heteroatoms. The van der Waals surface area contributed by atoms with Gasteiger partial charge < -0.3 is 15.7 Å². The highest BCUT2D eigenvalue weighted by Crippen LogP contribution is 2.26. The van der Waals surface area contributed by atoms with Gasteiger partial charge in [0.25, 0.3) is 0 Å². The summed E-state index contributed by atoms with van der Waals surface area (Å²) in [4.78, 5) is 22.7. The molecule has 5 nitrogen and oxygen atoms in total. The second-order valence-corrected chi connectivity index (χ2v) is 3.81. The van der Waals surface area contributed by atoms with Crippen molar-refractivity contribution in [1.82, 2.24) is 5.32 Å². The Kier molecular flexibility index (Phi) is 4.78. The smallest absolute Gasteiger partial charge is 0.313 e. The maximum atomic E-state index is 11.4. The molecule has 0 aliphatic carbocycles. The molecule has 0 unspecified atom stereocenters. The van der Waals surface area contributed by atoms with Gasteiger partial charge in [-0.25, -0.2) is 0 Å². The molecule has 1 aromatic rings. The maximum Gasteiger partial charge on any atom is 0.313 e. The lowest BCUT2D eigenvalue weighted by Crippen LogP contribution is -2.35. The van der Waals surface area contributed by atoms with Gasteiger partial charge in [-0.1, -0.05) is 18.5 Å². The lowest BCUT2D eigenvalue weighted by Gasteiger charge is -2.07. The van der Waals surface area contributed by atoms with Crippen LogP contribution >= 0.6 is 11.6 Å². The van der Waals surface area contributed by atoms with E-state index in [1.54, 1.807) is 0 Å². The van der Waals surface area contributed by atoms with Gasteiger partial charge in [0.05, 0.1) is 5.69 Å². The summed E-state index contributed by atoms with van der Waals surface area (Å²) < 4.78 is 0. The van der Waals surface area contributed by atoms with Gasteiger partial charge in [-0.05, 0) is 24.6 Å². The van der Waals surface area contributed by atoms with E-state index in [0.29, 0.717) is 11.6 Å². The highest BCUT2D eigenvalue weighted by Gasteiger charge is 2.14. The molecule has 0 aromatic heterocycles.